The predicted molar refractivity (Wildman–Crippen MR) is 59.7 cm³/mol. The van der Waals surface area contributed by atoms with Crippen LogP contribution < -0.4 is 5.48 Å². The van der Waals surface area contributed by atoms with E-state index in [-0.39, 0.29) is 5.96 Å². The molecule has 0 fully saturated rings. The van der Waals surface area contributed by atoms with Gasteiger partial charge in [0.25, 0.3) is 0 Å². The summed E-state index contributed by atoms with van der Waals surface area (Å²) in [5.74, 6) is 0.0842. The number of nitrogens with zero attached hydrogens (tertiary/aromatic N) is 2. The van der Waals surface area contributed by atoms with Gasteiger partial charge in [-0.3, -0.25) is 10.2 Å². The summed E-state index contributed by atoms with van der Waals surface area (Å²) in [6, 6.07) is 11.5. The summed E-state index contributed by atoms with van der Waals surface area (Å²) in [6.45, 7) is 0.407. The third-order valence-corrected chi connectivity index (χ3v) is 1.98. The first-order chi connectivity index (χ1) is 7.86. The molecular weight excluding hydrogens is 204 g/mol. The number of hydroxylamine groups is 1. The zero-order chi connectivity index (χ0) is 11.2. The first-order valence-corrected chi connectivity index (χ1v) is 4.86. The molecule has 0 saturated carbocycles. The molecule has 0 atom stereocenters. The highest BCUT2D eigenvalue weighted by Crippen LogP contribution is 1.98. The van der Waals surface area contributed by atoms with Gasteiger partial charge in [-0.15, -0.1) is 0 Å². The van der Waals surface area contributed by atoms with Gasteiger partial charge < -0.3 is 0 Å². The molecule has 0 amide bonds. The molecule has 2 aromatic rings. The molecule has 16 heavy (non-hydrogen) atoms. The average Bonchev–Trinajstić information content (AvgIpc) is 2.84. The lowest BCUT2D eigenvalue weighted by Crippen LogP contribution is -2.29. The minimum atomic E-state index is 0.0842. The molecule has 1 heterocycles. The number of hydrogen-bond donors (Lipinski definition) is 2. The lowest BCUT2D eigenvalue weighted by atomic mass is 10.2. The van der Waals surface area contributed by atoms with Crippen molar-refractivity contribution in [3.05, 3.63) is 54.4 Å². The van der Waals surface area contributed by atoms with Crippen LogP contribution in [0, 0.1) is 5.41 Å². The number of rotatable bonds is 3. The zero-order valence-corrected chi connectivity index (χ0v) is 8.63. The van der Waals surface area contributed by atoms with Crippen LogP contribution in [-0.2, 0) is 11.4 Å². The van der Waals surface area contributed by atoms with Crippen molar-refractivity contribution in [2.45, 2.75) is 6.61 Å². The van der Waals surface area contributed by atoms with E-state index in [0.717, 1.165) is 5.56 Å². The maximum Gasteiger partial charge on any atom is 0.240 e. The maximum atomic E-state index is 7.58. The highest BCUT2D eigenvalue weighted by Gasteiger charge is 1.98. The molecule has 0 aliphatic heterocycles. The van der Waals surface area contributed by atoms with Crippen molar-refractivity contribution in [3.63, 3.8) is 0 Å². The van der Waals surface area contributed by atoms with Crippen molar-refractivity contribution in [2.24, 2.45) is 0 Å². The summed E-state index contributed by atoms with van der Waals surface area (Å²) >= 11 is 0. The second-order valence-electron chi connectivity index (χ2n) is 3.18. The van der Waals surface area contributed by atoms with Gasteiger partial charge in [0.2, 0.25) is 5.96 Å². The number of benzene rings is 1. The van der Waals surface area contributed by atoms with Crippen LogP contribution in [0.2, 0.25) is 0 Å². The third-order valence-electron chi connectivity index (χ3n) is 1.98. The van der Waals surface area contributed by atoms with E-state index in [9.17, 15) is 0 Å². The highest BCUT2D eigenvalue weighted by atomic mass is 16.6. The SMILES string of the molecule is N=C(NOCc1ccccc1)n1cccn1. The van der Waals surface area contributed by atoms with Crippen molar-refractivity contribution in [1.29, 1.82) is 5.41 Å². The van der Waals surface area contributed by atoms with E-state index in [4.69, 9.17) is 10.2 Å². The van der Waals surface area contributed by atoms with E-state index < -0.39 is 0 Å². The summed E-state index contributed by atoms with van der Waals surface area (Å²) in [7, 11) is 0. The molecular formula is C11H12N4O. The predicted octanol–water partition coefficient (Wildman–Crippen LogP) is 1.39. The van der Waals surface area contributed by atoms with Crippen LogP contribution in [0.25, 0.3) is 0 Å². The molecule has 1 aromatic heterocycles. The highest BCUT2D eigenvalue weighted by molar-refractivity contribution is 5.76. The van der Waals surface area contributed by atoms with Crippen LogP contribution in [0.4, 0.5) is 0 Å². The third kappa shape index (κ3) is 2.68. The summed E-state index contributed by atoms with van der Waals surface area (Å²) in [5.41, 5.74) is 3.56. The molecule has 0 aliphatic rings. The summed E-state index contributed by atoms with van der Waals surface area (Å²) in [4.78, 5) is 5.17. The van der Waals surface area contributed by atoms with Gasteiger partial charge in [-0.05, 0) is 11.6 Å². The Balaban J connectivity index is 1.79. The first-order valence-electron chi connectivity index (χ1n) is 4.86. The van der Waals surface area contributed by atoms with Crippen molar-refractivity contribution >= 4 is 5.96 Å². The van der Waals surface area contributed by atoms with Crippen LogP contribution in [0.15, 0.2) is 48.8 Å². The van der Waals surface area contributed by atoms with E-state index in [0.29, 0.717) is 6.61 Å². The van der Waals surface area contributed by atoms with E-state index in [1.807, 2.05) is 30.3 Å². The molecule has 0 aliphatic carbocycles. The monoisotopic (exact) mass is 216 g/mol. The maximum absolute atomic E-state index is 7.58. The summed E-state index contributed by atoms with van der Waals surface area (Å²) in [6.07, 6.45) is 3.27. The molecule has 1 aromatic carbocycles. The fourth-order valence-corrected chi connectivity index (χ4v) is 1.21. The van der Waals surface area contributed by atoms with Crippen LogP contribution in [0.5, 0.6) is 0 Å². The van der Waals surface area contributed by atoms with Crippen LogP contribution in [0.1, 0.15) is 5.56 Å². The Labute approximate surface area is 93.1 Å². The first kappa shape index (κ1) is 10.4. The number of nitrogens with one attached hydrogen (secondary N) is 2. The molecule has 5 heteroatoms. The minimum absolute atomic E-state index is 0.0842. The Bertz CT molecular complexity index is 438. The molecule has 0 spiro atoms. The van der Waals surface area contributed by atoms with Gasteiger partial charge in [0, 0.05) is 12.4 Å². The van der Waals surface area contributed by atoms with Gasteiger partial charge in [0.1, 0.15) is 0 Å². The van der Waals surface area contributed by atoms with E-state index in [1.54, 1.807) is 18.5 Å². The van der Waals surface area contributed by atoms with Crippen molar-refractivity contribution in [2.75, 3.05) is 0 Å². The molecule has 0 saturated heterocycles. The van der Waals surface area contributed by atoms with Crippen LogP contribution >= 0.6 is 0 Å². The number of aromatic nitrogens is 2. The van der Waals surface area contributed by atoms with Gasteiger partial charge in [-0.25, -0.2) is 10.2 Å². The molecule has 0 unspecified atom stereocenters. The molecule has 5 nitrogen and oxygen atoms in total. The van der Waals surface area contributed by atoms with Gasteiger partial charge in [0.15, 0.2) is 0 Å². The van der Waals surface area contributed by atoms with Gasteiger partial charge in [-0.1, -0.05) is 30.3 Å². The van der Waals surface area contributed by atoms with Crippen molar-refractivity contribution < 1.29 is 4.84 Å². The van der Waals surface area contributed by atoms with Gasteiger partial charge >= 0.3 is 0 Å². The fourth-order valence-electron chi connectivity index (χ4n) is 1.21. The average molecular weight is 216 g/mol. The van der Waals surface area contributed by atoms with Crippen LogP contribution in [0.3, 0.4) is 0 Å². The topological polar surface area (TPSA) is 62.9 Å². The van der Waals surface area contributed by atoms with Crippen LogP contribution in [-0.4, -0.2) is 15.7 Å². The lowest BCUT2D eigenvalue weighted by Gasteiger charge is -2.07. The normalized spacial score (nSPS) is 10.0. The molecule has 82 valence electrons. The smallest absolute Gasteiger partial charge is 0.240 e. The van der Waals surface area contributed by atoms with Crippen molar-refractivity contribution in [1.82, 2.24) is 15.3 Å². The summed E-state index contributed by atoms with van der Waals surface area (Å²) < 4.78 is 1.38. The van der Waals surface area contributed by atoms with E-state index >= 15 is 0 Å². The molecule has 0 radical (unpaired) electrons. The fraction of sp³-hybridized carbons (Fsp3) is 0.0909. The molecule has 2 N–H and O–H groups in total. The van der Waals surface area contributed by atoms with E-state index in [2.05, 4.69) is 10.6 Å². The lowest BCUT2D eigenvalue weighted by molar-refractivity contribution is 0.0679. The molecule has 0 bridgehead atoms. The van der Waals surface area contributed by atoms with Crippen molar-refractivity contribution in [3.8, 4) is 0 Å². The Hall–Kier alpha value is -2.14. The quantitative estimate of drug-likeness (QED) is 0.463. The van der Waals surface area contributed by atoms with E-state index in [1.165, 1.54) is 4.68 Å². The second-order valence-corrected chi connectivity index (χ2v) is 3.18. The Morgan fingerprint density at radius 1 is 1.31 bits per heavy atom. The van der Waals surface area contributed by atoms with Gasteiger partial charge in [0.05, 0.1) is 6.61 Å². The Morgan fingerprint density at radius 2 is 2.12 bits per heavy atom. The minimum Gasteiger partial charge on any atom is -0.269 e. The Kier molecular flexibility index (Phi) is 3.30. The second kappa shape index (κ2) is 5.09. The number of hydrogen-bond acceptors (Lipinski definition) is 3. The van der Waals surface area contributed by atoms with Gasteiger partial charge in [-0.2, -0.15) is 5.10 Å². The molecule has 2 rings (SSSR count). The largest absolute Gasteiger partial charge is 0.269 e. The standard InChI is InChI=1S/C11H12N4O/c12-11(15-8-4-7-13-15)14-16-9-10-5-2-1-3-6-10/h1-8H,9H2,(H2,12,14). The Morgan fingerprint density at radius 3 is 2.81 bits per heavy atom. The summed E-state index contributed by atoms with van der Waals surface area (Å²) in [5, 5.41) is 11.5. The zero-order valence-electron chi connectivity index (χ0n) is 8.63.